The molecule has 1 aromatic carbocycles. The molecule has 0 saturated heterocycles. The van der Waals surface area contributed by atoms with Gasteiger partial charge >= 0.3 is 0 Å². The van der Waals surface area contributed by atoms with E-state index < -0.39 is 11.7 Å². The van der Waals surface area contributed by atoms with Crippen LogP contribution in [0.1, 0.15) is 10.4 Å². The van der Waals surface area contributed by atoms with Crippen LogP contribution >= 0.6 is 27.5 Å². The maximum absolute atomic E-state index is 13.6. The molecule has 0 bridgehead atoms. The van der Waals surface area contributed by atoms with Crippen molar-refractivity contribution in [3.05, 3.63) is 34.6 Å². The summed E-state index contributed by atoms with van der Waals surface area (Å²) in [5.74, 6) is -1.03. The molecule has 0 saturated carbocycles. The van der Waals surface area contributed by atoms with Crippen LogP contribution in [0.4, 0.5) is 4.39 Å². The highest BCUT2D eigenvalue weighted by atomic mass is 79.9. The van der Waals surface area contributed by atoms with Gasteiger partial charge in [-0.3, -0.25) is 4.79 Å². The standard InChI is InChI=1S/C12H14BrClFNO2/c1-18-8-7-16(6-5-13)12(17)11-9(14)3-2-4-10(11)15/h2-4H,5-8H2,1H3. The molecular weight excluding hydrogens is 324 g/mol. The fourth-order valence-corrected chi connectivity index (χ4v) is 2.15. The minimum atomic E-state index is -0.607. The van der Waals surface area contributed by atoms with Crippen molar-refractivity contribution in [2.24, 2.45) is 0 Å². The zero-order valence-corrected chi connectivity index (χ0v) is 12.3. The van der Waals surface area contributed by atoms with Gasteiger partial charge < -0.3 is 9.64 Å². The summed E-state index contributed by atoms with van der Waals surface area (Å²) in [6, 6.07) is 4.20. The maximum atomic E-state index is 13.6. The van der Waals surface area contributed by atoms with E-state index in [1.54, 1.807) is 7.11 Å². The molecule has 0 atom stereocenters. The van der Waals surface area contributed by atoms with E-state index in [1.807, 2.05) is 0 Å². The van der Waals surface area contributed by atoms with Gasteiger partial charge in [-0.05, 0) is 12.1 Å². The van der Waals surface area contributed by atoms with Crippen molar-refractivity contribution < 1.29 is 13.9 Å². The second-order valence-corrected chi connectivity index (χ2v) is 4.77. The molecule has 0 spiro atoms. The summed E-state index contributed by atoms with van der Waals surface area (Å²) in [5, 5.41) is 0.728. The van der Waals surface area contributed by atoms with Crippen LogP contribution in [0.25, 0.3) is 0 Å². The summed E-state index contributed by atoms with van der Waals surface area (Å²) >= 11 is 9.13. The fourth-order valence-electron chi connectivity index (χ4n) is 1.48. The van der Waals surface area contributed by atoms with Gasteiger partial charge in [-0.2, -0.15) is 0 Å². The lowest BCUT2D eigenvalue weighted by Gasteiger charge is -2.22. The number of amides is 1. The average molecular weight is 339 g/mol. The first-order chi connectivity index (χ1) is 8.61. The van der Waals surface area contributed by atoms with Gasteiger partial charge in [0.05, 0.1) is 17.2 Å². The van der Waals surface area contributed by atoms with E-state index in [-0.39, 0.29) is 10.6 Å². The SMILES string of the molecule is COCCN(CCBr)C(=O)c1c(F)cccc1Cl. The number of nitrogens with zero attached hydrogens (tertiary/aromatic N) is 1. The largest absolute Gasteiger partial charge is 0.383 e. The van der Waals surface area contributed by atoms with Crippen LogP contribution in [0.2, 0.25) is 5.02 Å². The lowest BCUT2D eigenvalue weighted by atomic mass is 10.2. The predicted octanol–water partition coefficient (Wildman–Crippen LogP) is 2.96. The Bertz CT molecular complexity index is 397. The van der Waals surface area contributed by atoms with Crippen LogP contribution in [0.15, 0.2) is 18.2 Å². The Labute approximate surface area is 119 Å². The van der Waals surface area contributed by atoms with Crippen molar-refractivity contribution in [2.45, 2.75) is 0 Å². The average Bonchev–Trinajstić information content (AvgIpc) is 2.34. The number of carbonyl (C=O) groups excluding carboxylic acids is 1. The van der Waals surface area contributed by atoms with Gasteiger partial charge in [0.15, 0.2) is 0 Å². The van der Waals surface area contributed by atoms with Crippen LogP contribution in [-0.2, 0) is 4.74 Å². The zero-order valence-electron chi connectivity index (χ0n) is 9.96. The van der Waals surface area contributed by atoms with Gasteiger partial charge in [0, 0.05) is 25.5 Å². The molecule has 0 aliphatic rings. The smallest absolute Gasteiger partial charge is 0.258 e. The Kier molecular flexibility index (Phi) is 6.60. The minimum Gasteiger partial charge on any atom is -0.383 e. The number of ether oxygens (including phenoxy) is 1. The van der Waals surface area contributed by atoms with Gasteiger partial charge in [-0.25, -0.2) is 4.39 Å². The molecule has 0 aliphatic carbocycles. The van der Waals surface area contributed by atoms with Gasteiger partial charge in [0.2, 0.25) is 0 Å². The predicted molar refractivity (Wildman–Crippen MR) is 73.0 cm³/mol. The Morgan fingerprint density at radius 3 is 2.78 bits per heavy atom. The number of halogens is 3. The number of rotatable bonds is 6. The van der Waals surface area contributed by atoms with Gasteiger partial charge in [-0.1, -0.05) is 33.6 Å². The second-order valence-electron chi connectivity index (χ2n) is 3.57. The molecule has 1 amide bonds. The lowest BCUT2D eigenvalue weighted by molar-refractivity contribution is 0.0704. The molecule has 0 heterocycles. The summed E-state index contributed by atoms with van der Waals surface area (Å²) in [4.78, 5) is 13.7. The van der Waals surface area contributed by atoms with E-state index in [0.29, 0.717) is 25.0 Å². The summed E-state index contributed by atoms with van der Waals surface area (Å²) in [6.07, 6.45) is 0. The Morgan fingerprint density at radius 2 is 2.22 bits per heavy atom. The molecule has 100 valence electrons. The topological polar surface area (TPSA) is 29.5 Å². The first kappa shape index (κ1) is 15.4. The van der Waals surface area contributed by atoms with Gasteiger partial charge in [0.25, 0.3) is 5.91 Å². The van der Waals surface area contributed by atoms with Crippen LogP contribution < -0.4 is 0 Å². The monoisotopic (exact) mass is 337 g/mol. The lowest BCUT2D eigenvalue weighted by Crippen LogP contribution is -2.36. The number of benzene rings is 1. The van der Waals surface area contributed by atoms with Crippen molar-refractivity contribution in [3.8, 4) is 0 Å². The van der Waals surface area contributed by atoms with Crippen LogP contribution in [0, 0.1) is 5.82 Å². The molecular formula is C12H14BrClFNO2. The minimum absolute atomic E-state index is 0.0868. The number of methoxy groups -OCH3 is 1. The van der Waals surface area contributed by atoms with Crippen molar-refractivity contribution in [1.29, 1.82) is 0 Å². The maximum Gasteiger partial charge on any atom is 0.258 e. The van der Waals surface area contributed by atoms with Crippen LogP contribution in [0.5, 0.6) is 0 Å². The third-order valence-electron chi connectivity index (χ3n) is 2.38. The van der Waals surface area contributed by atoms with Crippen LogP contribution in [0.3, 0.4) is 0 Å². The van der Waals surface area contributed by atoms with Crippen molar-refractivity contribution in [3.63, 3.8) is 0 Å². The number of hydrogen-bond donors (Lipinski definition) is 0. The van der Waals surface area contributed by atoms with E-state index in [1.165, 1.54) is 23.1 Å². The zero-order chi connectivity index (χ0) is 13.5. The van der Waals surface area contributed by atoms with E-state index in [9.17, 15) is 9.18 Å². The van der Waals surface area contributed by atoms with Crippen LogP contribution in [-0.4, -0.2) is 42.9 Å². The normalized spacial score (nSPS) is 10.4. The highest BCUT2D eigenvalue weighted by molar-refractivity contribution is 9.09. The number of alkyl halides is 1. The molecule has 0 radical (unpaired) electrons. The third-order valence-corrected chi connectivity index (χ3v) is 3.05. The molecule has 0 fully saturated rings. The summed E-state index contributed by atoms with van der Waals surface area (Å²) in [6.45, 7) is 1.25. The molecule has 0 aliphatic heterocycles. The number of hydrogen-bond acceptors (Lipinski definition) is 2. The van der Waals surface area contributed by atoms with E-state index >= 15 is 0 Å². The van der Waals surface area contributed by atoms with Gasteiger partial charge in [-0.15, -0.1) is 0 Å². The molecule has 6 heteroatoms. The molecule has 0 unspecified atom stereocenters. The first-order valence-electron chi connectivity index (χ1n) is 5.40. The highest BCUT2D eigenvalue weighted by Gasteiger charge is 2.21. The van der Waals surface area contributed by atoms with Crippen molar-refractivity contribution in [2.75, 3.05) is 32.1 Å². The summed E-state index contributed by atoms with van der Waals surface area (Å²) < 4.78 is 18.6. The fraction of sp³-hybridized carbons (Fsp3) is 0.417. The molecule has 0 N–H and O–H groups in total. The summed E-state index contributed by atoms with van der Waals surface area (Å²) in [5.41, 5.74) is -0.0868. The van der Waals surface area contributed by atoms with E-state index in [0.717, 1.165) is 0 Å². The molecule has 1 rings (SSSR count). The third kappa shape index (κ3) is 3.93. The Hall–Kier alpha value is -0.650. The van der Waals surface area contributed by atoms with Gasteiger partial charge in [0.1, 0.15) is 5.82 Å². The number of carbonyl (C=O) groups is 1. The molecule has 3 nitrogen and oxygen atoms in total. The Balaban J connectivity index is 2.94. The van der Waals surface area contributed by atoms with Crippen molar-refractivity contribution in [1.82, 2.24) is 4.90 Å². The van der Waals surface area contributed by atoms with Crippen molar-refractivity contribution >= 4 is 33.4 Å². The van der Waals surface area contributed by atoms with E-state index in [2.05, 4.69) is 15.9 Å². The second kappa shape index (κ2) is 7.71. The quantitative estimate of drug-likeness (QED) is 0.746. The highest BCUT2D eigenvalue weighted by Crippen LogP contribution is 2.20. The summed E-state index contributed by atoms with van der Waals surface area (Å²) in [7, 11) is 1.55. The molecule has 18 heavy (non-hydrogen) atoms. The van der Waals surface area contributed by atoms with E-state index in [4.69, 9.17) is 16.3 Å². The molecule has 0 aromatic heterocycles. The molecule has 1 aromatic rings. The Morgan fingerprint density at radius 1 is 1.50 bits per heavy atom. The first-order valence-corrected chi connectivity index (χ1v) is 6.90.